The van der Waals surface area contributed by atoms with Gasteiger partial charge in [0.25, 0.3) is 0 Å². The zero-order valence-electron chi connectivity index (χ0n) is 10.5. The van der Waals surface area contributed by atoms with Gasteiger partial charge in [-0.2, -0.15) is 0 Å². The molecule has 0 saturated heterocycles. The number of ether oxygens (including phenoxy) is 1. The Hall–Kier alpha value is -1.75. The second-order valence-electron chi connectivity index (χ2n) is 3.91. The van der Waals surface area contributed by atoms with Crippen LogP contribution in [0.25, 0.3) is 0 Å². The fraction of sp³-hybridized carbons (Fsp3) is 0.214. The van der Waals surface area contributed by atoms with E-state index >= 15 is 0 Å². The van der Waals surface area contributed by atoms with Gasteiger partial charge in [0, 0.05) is 17.0 Å². The third-order valence-corrected chi connectivity index (χ3v) is 3.94. The van der Waals surface area contributed by atoms with Crippen molar-refractivity contribution in [3.05, 3.63) is 51.2 Å². The largest absolute Gasteiger partial charge is 0.497 e. The minimum atomic E-state index is -0.909. The fourth-order valence-electron chi connectivity index (χ4n) is 1.70. The van der Waals surface area contributed by atoms with Crippen LogP contribution < -0.4 is 4.74 Å². The molecule has 0 bridgehead atoms. The first-order chi connectivity index (χ1) is 9.06. The van der Waals surface area contributed by atoms with E-state index in [9.17, 15) is 13.6 Å². The lowest BCUT2D eigenvalue weighted by Crippen LogP contribution is -2.06. The number of benzene rings is 1. The van der Waals surface area contributed by atoms with Crippen LogP contribution in [-0.2, 0) is 6.42 Å². The topological polar surface area (TPSA) is 26.3 Å². The van der Waals surface area contributed by atoms with Gasteiger partial charge in [-0.25, -0.2) is 8.78 Å². The number of rotatable bonds is 4. The van der Waals surface area contributed by atoms with Crippen LogP contribution >= 0.6 is 11.3 Å². The van der Waals surface area contributed by atoms with Crippen LogP contribution in [0, 0.1) is 11.6 Å². The first kappa shape index (κ1) is 13.7. The number of hydrogen-bond donors (Lipinski definition) is 0. The molecule has 0 atom stereocenters. The highest BCUT2D eigenvalue weighted by molar-refractivity contribution is 7.14. The highest BCUT2D eigenvalue weighted by Gasteiger charge is 2.21. The smallest absolute Gasteiger partial charge is 0.208 e. The van der Waals surface area contributed by atoms with Crippen molar-refractivity contribution in [2.75, 3.05) is 7.11 Å². The molecule has 2 rings (SSSR count). The van der Waals surface area contributed by atoms with E-state index in [1.165, 1.54) is 18.4 Å². The number of halogens is 2. The minimum Gasteiger partial charge on any atom is -0.497 e. The second-order valence-corrected chi connectivity index (χ2v) is 5.08. The van der Waals surface area contributed by atoms with Gasteiger partial charge in [0.15, 0.2) is 0 Å². The maximum Gasteiger partial charge on any atom is 0.208 e. The third-order valence-electron chi connectivity index (χ3n) is 2.71. The Morgan fingerprint density at radius 1 is 1.26 bits per heavy atom. The Labute approximate surface area is 113 Å². The van der Waals surface area contributed by atoms with Gasteiger partial charge in [0.05, 0.1) is 17.6 Å². The van der Waals surface area contributed by atoms with Crippen molar-refractivity contribution in [3.63, 3.8) is 0 Å². The Kier molecular flexibility index (Phi) is 3.95. The summed E-state index contributed by atoms with van der Waals surface area (Å²) in [7, 11) is 1.31. The van der Waals surface area contributed by atoms with Crippen LogP contribution in [0.5, 0.6) is 5.75 Å². The molecular formula is C14H12F2O2S. The van der Waals surface area contributed by atoms with Gasteiger partial charge in [-0.15, -0.1) is 11.3 Å². The lowest BCUT2D eigenvalue weighted by Gasteiger charge is -2.05. The summed E-state index contributed by atoms with van der Waals surface area (Å²) in [6, 6.07) is 5.39. The molecule has 0 N–H and O–H groups in total. The highest BCUT2D eigenvalue weighted by atomic mass is 32.1. The summed E-state index contributed by atoms with van der Waals surface area (Å²) in [5.41, 5.74) is -0.537. The van der Waals surface area contributed by atoms with E-state index in [1.54, 1.807) is 12.1 Å². The summed E-state index contributed by atoms with van der Waals surface area (Å²) >= 11 is 1.25. The average molecular weight is 282 g/mol. The van der Waals surface area contributed by atoms with Crippen molar-refractivity contribution in [1.82, 2.24) is 0 Å². The van der Waals surface area contributed by atoms with E-state index in [0.717, 1.165) is 23.4 Å². The van der Waals surface area contributed by atoms with Crippen molar-refractivity contribution < 1.29 is 18.3 Å². The molecule has 0 aliphatic rings. The van der Waals surface area contributed by atoms with E-state index in [4.69, 9.17) is 4.74 Å². The van der Waals surface area contributed by atoms with Crippen molar-refractivity contribution in [3.8, 4) is 5.75 Å². The van der Waals surface area contributed by atoms with E-state index < -0.39 is 23.0 Å². The Bertz CT molecular complexity index is 597. The molecule has 19 heavy (non-hydrogen) atoms. The van der Waals surface area contributed by atoms with Crippen LogP contribution in [-0.4, -0.2) is 12.9 Å². The first-order valence-corrected chi connectivity index (χ1v) is 6.55. The summed E-state index contributed by atoms with van der Waals surface area (Å²) in [5, 5.41) is 0. The van der Waals surface area contributed by atoms with Crippen LogP contribution in [0.3, 0.4) is 0 Å². The zero-order chi connectivity index (χ0) is 14.0. The molecule has 0 amide bonds. The molecule has 2 nitrogen and oxygen atoms in total. The molecule has 2 aromatic rings. The number of methoxy groups -OCH3 is 1. The summed E-state index contributed by atoms with van der Waals surface area (Å²) in [4.78, 5) is 13.4. The third kappa shape index (κ3) is 2.66. The maximum absolute atomic E-state index is 13.8. The Morgan fingerprint density at radius 2 is 1.89 bits per heavy atom. The Balaban J connectivity index is 2.44. The molecular weight excluding hydrogens is 270 g/mol. The second kappa shape index (κ2) is 5.48. The van der Waals surface area contributed by atoms with Gasteiger partial charge < -0.3 is 4.74 Å². The molecule has 1 aromatic carbocycles. The monoisotopic (exact) mass is 282 g/mol. The first-order valence-electron chi connectivity index (χ1n) is 5.73. The molecule has 5 heteroatoms. The van der Waals surface area contributed by atoms with Gasteiger partial charge >= 0.3 is 0 Å². The molecule has 100 valence electrons. The van der Waals surface area contributed by atoms with Crippen molar-refractivity contribution in [2.24, 2.45) is 0 Å². The van der Waals surface area contributed by atoms with Crippen LogP contribution in [0.15, 0.2) is 24.3 Å². The van der Waals surface area contributed by atoms with E-state index in [1.807, 2.05) is 6.92 Å². The zero-order valence-corrected chi connectivity index (χ0v) is 11.3. The standard InChI is InChI=1S/C14H12F2O2S/c1-3-9-4-5-12(19-9)14(17)13-10(15)6-8(18-2)7-11(13)16/h4-7H,3H2,1-2H3. The predicted octanol–water partition coefficient (Wildman–Crippen LogP) is 3.83. The number of hydrogen-bond acceptors (Lipinski definition) is 3. The number of ketones is 1. The molecule has 0 aliphatic carbocycles. The molecule has 1 heterocycles. The number of carbonyl (C=O) groups excluding carboxylic acids is 1. The summed E-state index contributed by atoms with van der Waals surface area (Å²) in [6.45, 7) is 1.95. The average Bonchev–Trinajstić information content (AvgIpc) is 2.86. The van der Waals surface area contributed by atoms with Crippen LogP contribution in [0.2, 0.25) is 0 Å². The van der Waals surface area contributed by atoms with Crippen molar-refractivity contribution >= 4 is 17.1 Å². The van der Waals surface area contributed by atoms with Crippen molar-refractivity contribution in [2.45, 2.75) is 13.3 Å². The quantitative estimate of drug-likeness (QED) is 0.797. The molecule has 1 aromatic heterocycles. The minimum absolute atomic E-state index is 0.0481. The molecule has 0 aliphatic heterocycles. The summed E-state index contributed by atoms with van der Waals surface area (Å²) < 4.78 is 32.3. The van der Waals surface area contributed by atoms with Gasteiger partial charge in [-0.3, -0.25) is 4.79 Å². The SMILES string of the molecule is CCc1ccc(C(=O)c2c(F)cc(OC)cc2F)s1. The predicted molar refractivity (Wildman–Crippen MR) is 70.0 cm³/mol. The molecule has 0 radical (unpaired) electrons. The lowest BCUT2D eigenvalue weighted by molar-refractivity contribution is 0.103. The van der Waals surface area contributed by atoms with Crippen LogP contribution in [0.1, 0.15) is 27.0 Å². The van der Waals surface area contributed by atoms with Gasteiger partial charge in [-0.1, -0.05) is 6.92 Å². The molecule has 0 unspecified atom stereocenters. The summed E-state index contributed by atoms with van der Waals surface area (Å²) in [6.07, 6.45) is 0.783. The lowest BCUT2D eigenvalue weighted by atomic mass is 10.1. The summed E-state index contributed by atoms with van der Waals surface area (Å²) in [5.74, 6) is -2.41. The van der Waals surface area contributed by atoms with Crippen LogP contribution in [0.4, 0.5) is 8.78 Å². The van der Waals surface area contributed by atoms with E-state index in [2.05, 4.69) is 0 Å². The van der Waals surface area contributed by atoms with Gasteiger partial charge in [0.2, 0.25) is 5.78 Å². The maximum atomic E-state index is 13.8. The number of thiophene rings is 1. The van der Waals surface area contributed by atoms with E-state index in [-0.39, 0.29) is 5.75 Å². The van der Waals surface area contributed by atoms with Gasteiger partial charge in [0.1, 0.15) is 17.4 Å². The van der Waals surface area contributed by atoms with Gasteiger partial charge in [-0.05, 0) is 18.6 Å². The molecule has 0 saturated carbocycles. The molecule has 0 spiro atoms. The molecule has 0 fully saturated rings. The van der Waals surface area contributed by atoms with Crippen molar-refractivity contribution in [1.29, 1.82) is 0 Å². The normalized spacial score (nSPS) is 10.5. The Morgan fingerprint density at radius 3 is 2.37 bits per heavy atom. The fourth-order valence-corrected chi connectivity index (χ4v) is 2.59. The number of aryl methyl sites for hydroxylation is 1. The number of carbonyl (C=O) groups is 1. The highest BCUT2D eigenvalue weighted by Crippen LogP contribution is 2.26. The van der Waals surface area contributed by atoms with E-state index in [0.29, 0.717) is 4.88 Å².